The summed E-state index contributed by atoms with van der Waals surface area (Å²) in [5, 5.41) is 11.3. The quantitative estimate of drug-likeness (QED) is 0.343. The summed E-state index contributed by atoms with van der Waals surface area (Å²) in [5.74, 6) is -1.91. The number of benzene rings is 3. The van der Waals surface area contributed by atoms with Crippen LogP contribution in [-0.4, -0.2) is 45.9 Å². The predicted molar refractivity (Wildman–Crippen MR) is 142 cm³/mol. The average molecular weight is 530 g/mol. The average Bonchev–Trinajstić information content (AvgIpc) is 3.62. The van der Waals surface area contributed by atoms with E-state index in [1.54, 1.807) is 30.3 Å². The maximum Gasteiger partial charge on any atom is 0.337 e. The van der Waals surface area contributed by atoms with E-state index < -0.39 is 29.6 Å². The number of para-hydroxylation sites is 1. The van der Waals surface area contributed by atoms with Gasteiger partial charge in [0.15, 0.2) is 0 Å². The molecule has 0 bridgehead atoms. The Hall–Kier alpha value is -4.60. The van der Waals surface area contributed by atoms with Crippen molar-refractivity contribution in [2.45, 2.75) is 44.3 Å². The van der Waals surface area contributed by atoms with Gasteiger partial charge in [-0.05, 0) is 60.9 Å². The first-order valence-electron chi connectivity index (χ1n) is 12.8. The number of halogens is 1. The van der Waals surface area contributed by atoms with Crippen LogP contribution in [0.5, 0.6) is 0 Å². The van der Waals surface area contributed by atoms with E-state index in [1.165, 1.54) is 47.0 Å². The summed E-state index contributed by atoms with van der Waals surface area (Å²) >= 11 is 0. The minimum atomic E-state index is -1.14. The van der Waals surface area contributed by atoms with Crippen LogP contribution in [0, 0.1) is 5.82 Å². The van der Waals surface area contributed by atoms with Crippen molar-refractivity contribution in [2.24, 2.45) is 0 Å². The van der Waals surface area contributed by atoms with Gasteiger partial charge in [0.05, 0.1) is 18.2 Å². The van der Waals surface area contributed by atoms with E-state index in [0.29, 0.717) is 22.3 Å². The van der Waals surface area contributed by atoms with Crippen LogP contribution in [0.4, 0.5) is 10.1 Å². The van der Waals surface area contributed by atoms with Gasteiger partial charge in [-0.2, -0.15) is 0 Å². The van der Waals surface area contributed by atoms with Crippen LogP contribution in [0.15, 0.2) is 72.8 Å². The topological polar surface area (TPSA) is 106 Å². The van der Waals surface area contributed by atoms with Gasteiger partial charge in [0.2, 0.25) is 11.8 Å². The Morgan fingerprint density at radius 3 is 2.54 bits per heavy atom. The molecule has 4 aromatic rings. The molecule has 1 N–H and O–H groups in total. The second-order valence-electron chi connectivity index (χ2n) is 9.49. The number of aromatic nitrogens is 3. The molecule has 1 fully saturated rings. The van der Waals surface area contributed by atoms with Crippen molar-refractivity contribution < 1.29 is 23.5 Å². The molecule has 0 unspecified atom stereocenters. The zero-order valence-corrected chi connectivity index (χ0v) is 21.4. The number of carbonyl (C=O) groups is 3. The number of ether oxygens (including phenoxy) is 1. The van der Waals surface area contributed by atoms with E-state index in [4.69, 9.17) is 4.74 Å². The molecule has 0 radical (unpaired) electrons. The number of hydrogen-bond acceptors (Lipinski definition) is 6. The van der Waals surface area contributed by atoms with E-state index in [0.717, 1.165) is 25.7 Å². The molecule has 3 aromatic carbocycles. The van der Waals surface area contributed by atoms with Gasteiger partial charge in [0.25, 0.3) is 0 Å². The van der Waals surface area contributed by atoms with Crippen LogP contribution in [-0.2, 0) is 20.9 Å². The number of anilines is 1. The Morgan fingerprint density at radius 1 is 1.05 bits per heavy atom. The zero-order valence-electron chi connectivity index (χ0n) is 21.4. The van der Waals surface area contributed by atoms with Crippen molar-refractivity contribution in [2.75, 3.05) is 12.0 Å². The summed E-state index contributed by atoms with van der Waals surface area (Å²) < 4.78 is 20.2. The van der Waals surface area contributed by atoms with Gasteiger partial charge in [0, 0.05) is 11.7 Å². The van der Waals surface area contributed by atoms with Crippen LogP contribution in [0.1, 0.15) is 47.6 Å². The summed E-state index contributed by atoms with van der Waals surface area (Å²) in [6, 6.07) is 17.9. The third-order valence-electron chi connectivity index (χ3n) is 6.91. The molecule has 1 atom stereocenters. The molecule has 5 rings (SSSR count). The highest BCUT2D eigenvalue weighted by atomic mass is 19.1. The van der Waals surface area contributed by atoms with Crippen molar-refractivity contribution >= 4 is 34.5 Å². The van der Waals surface area contributed by atoms with Gasteiger partial charge in [-0.3, -0.25) is 14.5 Å². The molecule has 1 saturated carbocycles. The molecule has 1 heterocycles. The van der Waals surface area contributed by atoms with Crippen molar-refractivity contribution in [3.63, 3.8) is 0 Å². The lowest BCUT2D eigenvalue weighted by Gasteiger charge is -2.32. The SMILES string of the molecule is COC(=O)c1cccc(N(C(=O)Cn2nnc3ccccc32)[C@@H](C(=O)NC2CCCC2)c2ccc(F)cc2)c1. The Morgan fingerprint density at radius 2 is 1.79 bits per heavy atom. The number of carbonyl (C=O) groups excluding carboxylic acids is 3. The van der Waals surface area contributed by atoms with Crippen LogP contribution < -0.4 is 10.2 Å². The number of amides is 2. The smallest absolute Gasteiger partial charge is 0.337 e. The Bertz CT molecular complexity index is 1500. The van der Waals surface area contributed by atoms with Crippen molar-refractivity contribution in [3.05, 3.63) is 89.7 Å². The molecule has 1 aliphatic rings. The first-order valence-corrected chi connectivity index (χ1v) is 12.8. The summed E-state index contributed by atoms with van der Waals surface area (Å²) in [7, 11) is 1.27. The number of hydrogen-bond donors (Lipinski definition) is 1. The third kappa shape index (κ3) is 5.64. The molecule has 0 saturated heterocycles. The zero-order chi connectivity index (χ0) is 27.4. The minimum absolute atomic E-state index is 0.0157. The lowest BCUT2D eigenvalue weighted by Crippen LogP contribution is -2.47. The largest absolute Gasteiger partial charge is 0.465 e. The van der Waals surface area contributed by atoms with Crippen molar-refractivity contribution in [1.29, 1.82) is 0 Å². The fourth-order valence-electron chi connectivity index (χ4n) is 4.99. The maximum atomic E-state index is 14.1. The van der Waals surface area contributed by atoms with Gasteiger partial charge < -0.3 is 10.1 Å². The highest BCUT2D eigenvalue weighted by Gasteiger charge is 2.35. The summed E-state index contributed by atoms with van der Waals surface area (Å²) in [6.07, 6.45) is 3.71. The highest BCUT2D eigenvalue weighted by molar-refractivity contribution is 6.02. The summed E-state index contributed by atoms with van der Waals surface area (Å²) in [5.41, 5.74) is 2.23. The number of nitrogens with zero attached hydrogens (tertiary/aromatic N) is 4. The lowest BCUT2D eigenvalue weighted by atomic mass is 10.0. The minimum Gasteiger partial charge on any atom is -0.465 e. The van der Waals surface area contributed by atoms with E-state index in [2.05, 4.69) is 15.6 Å². The monoisotopic (exact) mass is 529 g/mol. The summed E-state index contributed by atoms with van der Waals surface area (Å²) in [4.78, 5) is 41.6. The van der Waals surface area contributed by atoms with E-state index >= 15 is 0 Å². The van der Waals surface area contributed by atoms with Gasteiger partial charge in [-0.25, -0.2) is 13.9 Å². The first-order chi connectivity index (χ1) is 18.9. The molecule has 0 aliphatic heterocycles. The van der Waals surface area contributed by atoms with E-state index in [-0.39, 0.29) is 18.2 Å². The fourth-order valence-corrected chi connectivity index (χ4v) is 4.99. The van der Waals surface area contributed by atoms with Gasteiger partial charge in [0.1, 0.15) is 23.9 Å². The molecular weight excluding hydrogens is 501 g/mol. The van der Waals surface area contributed by atoms with Crippen LogP contribution in [0.3, 0.4) is 0 Å². The normalized spacial score (nSPS) is 14.2. The maximum absolute atomic E-state index is 14.1. The first kappa shape index (κ1) is 26.0. The van der Waals surface area contributed by atoms with Crippen LogP contribution in [0.2, 0.25) is 0 Å². The molecule has 0 spiro atoms. The molecule has 10 heteroatoms. The van der Waals surface area contributed by atoms with Gasteiger partial charge >= 0.3 is 5.97 Å². The predicted octanol–water partition coefficient (Wildman–Crippen LogP) is 4.19. The second kappa shape index (κ2) is 11.4. The molecule has 39 heavy (non-hydrogen) atoms. The number of methoxy groups -OCH3 is 1. The molecular formula is C29H28FN5O4. The third-order valence-corrected chi connectivity index (χ3v) is 6.91. The van der Waals surface area contributed by atoms with Crippen LogP contribution in [0.25, 0.3) is 11.0 Å². The Balaban J connectivity index is 1.60. The Kier molecular flexibility index (Phi) is 7.62. The standard InChI is InChI=1S/C29H28FN5O4/c1-39-29(38)20-7-6-10-23(17-20)35(26(36)18-34-25-12-5-4-11-24(25)32-33-34)27(19-13-15-21(30)16-14-19)28(37)31-22-8-2-3-9-22/h4-7,10-17,22,27H,2-3,8-9,18H2,1H3,(H,31,37)/t27-/m1/s1. The summed E-state index contributed by atoms with van der Waals surface area (Å²) in [6.45, 7) is -0.225. The number of rotatable bonds is 8. The van der Waals surface area contributed by atoms with Crippen LogP contribution >= 0.6 is 0 Å². The number of esters is 1. The Labute approximate surface area is 224 Å². The molecule has 1 aliphatic carbocycles. The number of nitrogens with one attached hydrogen (secondary N) is 1. The van der Waals surface area contributed by atoms with E-state index in [1.807, 2.05) is 12.1 Å². The van der Waals surface area contributed by atoms with Crippen molar-refractivity contribution in [1.82, 2.24) is 20.3 Å². The molecule has 9 nitrogen and oxygen atoms in total. The molecule has 200 valence electrons. The highest BCUT2D eigenvalue weighted by Crippen LogP contribution is 2.31. The van der Waals surface area contributed by atoms with Gasteiger partial charge in [-0.1, -0.05) is 48.4 Å². The molecule has 1 aromatic heterocycles. The lowest BCUT2D eigenvalue weighted by molar-refractivity contribution is -0.127. The molecule has 2 amide bonds. The fraction of sp³-hybridized carbons (Fsp3) is 0.276. The number of fused-ring (bicyclic) bond motifs is 1. The van der Waals surface area contributed by atoms with E-state index in [9.17, 15) is 18.8 Å². The van der Waals surface area contributed by atoms with Gasteiger partial charge in [-0.15, -0.1) is 5.10 Å². The second-order valence-corrected chi connectivity index (χ2v) is 9.49. The van der Waals surface area contributed by atoms with Crippen molar-refractivity contribution in [3.8, 4) is 0 Å².